The largest absolute Gasteiger partial charge is 0.497 e. The summed E-state index contributed by atoms with van der Waals surface area (Å²) < 4.78 is 5.29. The fraction of sp³-hybridized carbons (Fsp3) is 0.167. The molecule has 1 heterocycles. The Balaban J connectivity index is 2.05. The van der Waals surface area contributed by atoms with Crippen LogP contribution < -0.4 is 10.1 Å². The first-order chi connectivity index (χ1) is 10.7. The third-order valence-corrected chi connectivity index (χ3v) is 4.22. The quantitative estimate of drug-likeness (QED) is 0.686. The van der Waals surface area contributed by atoms with E-state index in [0.29, 0.717) is 0 Å². The van der Waals surface area contributed by atoms with Gasteiger partial charge in [-0.25, -0.2) is 0 Å². The van der Waals surface area contributed by atoms with Crippen molar-refractivity contribution in [2.45, 2.75) is 11.8 Å². The van der Waals surface area contributed by atoms with E-state index in [1.807, 2.05) is 25.1 Å². The minimum absolute atomic E-state index is 0.820. The lowest BCUT2D eigenvalue weighted by atomic mass is 10.1. The van der Waals surface area contributed by atoms with Crippen molar-refractivity contribution in [1.29, 1.82) is 0 Å². The highest BCUT2D eigenvalue weighted by Gasteiger charge is 2.06. The smallest absolute Gasteiger partial charge is 0.121 e. The zero-order chi connectivity index (χ0) is 15.5. The van der Waals surface area contributed by atoms with Gasteiger partial charge in [0.05, 0.1) is 12.6 Å². The van der Waals surface area contributed by atoms with Crippen LogP contribution >= 0.6 is 11.8 Å². The molecule has 0 aliphatic carbocycles. The molecule has 0 amide bonds. The third kappa shape index (κ3) is 3.02. The Morgan fingerprint density at radius 2 is 1.95 bits per heavy atom. The standard InChI is InChI=1S/C18H18N2OS/c1-12-9-17(20-13-5-4-6-15(10-13)22-3)16-8-7-14(21-2)11-18(16)19-12/h4-11H,1-3H3,(H,19,20). The zero-order valence-corrected chi connectivity index (χ0v) is 13.7. The number of nitrogens with zero attached hydrogens (tertiary/aromatic N) is 1. The number of ether oxygens (including phenoxy) is 1. The summed E-state index contributed by atoms with van der Waals surface area (Å²) in [6.07, 6.45) is 2.08. The van der Waals surface area contributed by atoms with Gasteiger partial charge in [0.2, 0.25) is 0 Å². The summed E-state index contributed by atoms with van der Waals surface area (Å²) in [5.41, 5.74) is 4.05. The molecule has 3 rings (SSSR count). The van der Waals surface area contributed by atoms with E-state index in [9.17, 15) is 0 Å². The number of methoxy groups -OCH3 is 1. The van der Waals surface area contributed by atoms with Gasteiger partial charge in [-0.3, -0.25) is 4.98 Å². The SMILES string of the molecule is COc1ccc2c(Nc3cccc(SC)c3)cc(C)nc2c1. The predicted octanol–water partition coefficient (Wildman–Crippen LogP) is 5.02. The fourth-order valence-corrected chi connectivity index (χ4v) is 2.89. The molecule has 0 aliphatic heterocycles. The number of hydrogen-bond acceptors (Lipinski definition) is 4. The summed E-state index contributed by atoms with van der Waals surface area (Å²) in [4.78, 5) is 5.83. The molecule has 22 heavy (non-hydrogen) atoms. The molecule has 3 nitrogen and oxygen atoms in total. The van der Waals surface area contributed by atoms with Crippen LogP contribution in [0.2, 0.25) is 0 Å². The average molecular weight is 310 g/mol. The molecule has 0 saturated carbocycles. The summed E-state index contributed by atoms with van der Waals surface area (Å²) in [6.45, 7) is 2.00. The Kier molecular flexibility index (Phi) is 4.20. The molecule has 4 heteroatoms. The maximum atomic E-state index is 5.29. The second kappa shape index (κ2) is 6.28. The van der Waals surface area contributed by atoms with Gasteiger partial charge in [-0.1, -0.05) is 6.07 Å². The van der Waals surface area contributed by atoms with Gasteiger partial charge in [0.1, 0.15) is 5.75 Å². The normalized spacial score (nSPS) is 10.7. The first-order valence-corrected chi connectivity index (χ1v) is 8.28. The first-order valence-electron chi connectivity index (χ1n) is 7.06. The second-order valence-corrected chi connectivity index (χ2v) is 5.93. The van der Waals surface area contributed by atoms with Crippen molar-refractivity contribution in [1.82, 2.24) is 4.98 Å². The van der Waals surface area contributed by atoms with Crippen molar-refractivity contribution in [2.24, 2.45) is 0 Å². The molecule has 0 saturated heterocycles. The van der Waals surface area contributed by atoms with E-state index in [1.165, 1.54) is 4.90 Å². The molecule has 0 unspecified atom stereocenters. The van der Waals surface area contributed by atoms with Crippen molar-refractivity contribution < 1.29 is 4.74 Å². The number of pyridine rings is 1. The van der Waals surface area contributed by atoms with E-state index in [4.69, 9.17) is 4.74 Å². The van der Waals surface area contributed by atoms with Crippen molar-refractivity contribution in [2.75, 3.05) is 18.7 Å². The van der Waals surface area contributed by atoms with E-state index in [0.717, 1.165) is 33.7 Å². The Bertz CT molecular complexity index is 817. The Hall–Kier alpha value is -2.20. The lowest BCUT2D eigenvalue weighted by Gasteiger charge is -2.12. The van der Waals surface area contributed by atoms with Crippen molar-refractivity contribution in [3.05, 3.63) is 54.2 Å². The van der Waals surface area contributed by atoms with E-state index >= 15 is 0 Å². The number of fused-ring (bicyclic) bond motifs is 1. The molecule has 2 aromatic carbocycles. The van der Waals surface area contributed by atoms with Gasteiger partial charge in [-0.2, -0.15) is 0 Å². The Morgan fingerprint density at radius 1 is 1.09 bits per heavy atom. The van der Waals surface area contributed by atoms with Crippen LogP contribution in [0.1, 0.15) is 5.69 Å². The highest BCUT2D eigenvalue weighted by Crippen LogP contribution is 2.30. The lowest BCUT2D eigenvalue weighted by molar-refractivity contribution is 0.415. The number of anilines is 2. The maximum Gasteiger partial charge on any atom is 0.121 e. The molecule has 0 spiro atoms. The summed E-state index contributed by atoms with van der Waals surface area (Å²) in [5.74, 6) is 0.820. The molecule has 0 fully saturated rings. The lowest BCUT2D eigenvalue weighted by Crippen LogP contribution is -1.95. The van der Waals surface area contributed by atoms with Crippen LogP contribution in [0.25, 0.3) is 10.9 Å². The van der Waals surface area contributed by atoms with Gasteiger partial charge in [0.25, 0.3) is 0 Å². The summed E-state index contributed by atoms with van der Waals surface area (Å²) in [6, 6.07) is 16.4. The number of aryl methyl sites for hydroxylation is 1. The van der Waals surface area contributed by atoms with E-state index < -0.39 is 0 Å². The number of aromatic nitrogens is 1. The maximum absolute atomic E-state index is 5.29. The number of hydrogen-bond donors (Lipinski definition) is 1. The molecule has 3 aromatic rings. The van der Waals surface area contributed by atoms with E-state index in [2.05, 4.69) is 46.9 Å². The van der Waals surface area contributed by atoms with Crippen molar-refractivity contribution in [3.63, 3.8) is 0 Å². The number of thioether (sulfide) groups is 1. The van der Waals surface area contributed by atoms with E-state index in [-0.39, 0.29) is 0 Å². The zero-order valence-electron chi connectivity index (χ0n) is 12.9. The second-order valence-electron chi connectivity index (χ2n) is 5.05. The van der Waals surface area contributed by atoms with Gasteiger partial charge < -0.3 is 10.1 Å². The third-order valence-electron chi connectivity index (χ3n) is 3.49. The van der Waals surface area contributed by atoms with Gasteiger partial charge in [0.15, 0.2) is 0 Å². The first kappa shape index (κ1) is 14.7. The topological polar surface area (TPSA) is 34.1 Å². The van der Waals surface area contributed by atoms with Crippen LogP contribution in [0.3, 0.4) is 0 Å². The molecule has 0 atom stereocenters. The van der Waals surface area contributed by atoms with Crippen molar-refractivity contribution >= 4 is 34.0 Å². The predicted molar refractivity (Wildman–Crippen MR) is 94.5 cm³/mol. The van der Waals surface area contributed by atoms with Gasteiger partial charge in [-0.05, 0) is 49.6 Å². The number of rotatable bonds is 4. The number of nitrogens with one attached hydrogen (secondary N) is 1. The average Bonchev–Trinajstić information content (AvgIpc) is 2.54. The molecule has 1 N–H and O–H groups in total. The molecule has 0 bridgehead atoms. The van der Waals surface area contributed by atoms with Crippen LogP contribution in [-0.2, 0) is 0 Å². The molecule has 1 aromatic heterocycles. The monoisotopic (exact) mass is 310 g/mol. The summed E-state index contributed by atoms with van der Waals surface area (Å²) >= 11 is 1.74. The van der Waals surface area contributed by atoms with Crippen LogP contribution in [0.5, 0.6) is 5.75 Å². The van der Waals surface area contributed by atoms with Crippen LogP contribution in [-0.4, -0.2) is 18.3 Å². The van der Waals surface area contributed by atoms with E-state index in [1.54, 1.807) is 18.9 Å². The molecule has 0 radical (unpaired) electrons. The van der Waals surface area contributed by atoms with Crippen LogP contribution in [0.4, 0.5) is 11.4 Å². The summed E-state index contributed by atoms with van der Waals surface area (Å²) in [7, 11) is 1.67. The Morgan fingerprint density at radius 3 is 2.73 bits per heavy atom. The van der Waals surface area contributed by atoms with Gasteiger partial charge in [-0.15, -0.1) is 11.8 Å². The highest BCUT2D eigenvalue weighted by atomic mass is 32.2. The highest BCUT2D eigenvalue weighted by molar-refractivity contribution is 7.98. The van der Waals surface area contributed by atoms with Crippen molar-refractivity contribution in [3.8, 4) is 5.75 Å². The molecular formula is C18H18N2OS. The molecular weight excluding hydrogens is 292 g/mol. The minimum atomic E-state index is 0.820. The number of benzene rings is 2. The fourth-order valence-electron chi connectivity index (χ4n) is 2.43. The van der Waals surface area contributed by atoms with Gasteiger partial charge >= 0.3 is 0 Å². The van der Waals surface area contributed by atoms with Crippen LogP contribution in [0, 0.1) is 6.92 Å². The van der Waals surface area contributed by atoms with Gasteiger partial charge in [0, 0.05) is 33.4 Å². The minimum Gasteiger partial charge on any atom is -0.497 e. The molecule has 112 valence electrons. The van der Waals surface area contributed by atoms with Crippen LogP contribution in [0.15, 0.2) is 53.4 Å². The Labute approximate surface area is 134 Å². The summed E-state index contributed by atoms with van der Waals surface area (Å²) in [5, 5.41) is 4.59. The molecule has 0 aliphatic rings.